The zero-order valence-electron chi connectivity index (χ0n) is 13.4. The molecule has 7 heteroatoms. The summed E-state index contributed by atoms with van der Waals surface area (Å²) >= 11 is 7.35. The molecule has 1 aromatic heterocycles. The summed E-state index contributed by atoms with van der Waals surface area (Å²) in [5.41, 5.74) is 1.43. The van der Waals surface area contributed by atoms with Gasteiger partial charge in [-0.15, -0.1) is 0 Å². The highest BCUT2D eigenvalue weighted by molar-refractivity contribution is 8.00. The maximum absolute atomic E-state index is 12.4. The third-order valence-corrected chi connectivity index (χ3v) is 4.28. The molecule has 0 aliphatic carbocycles. The molecule has 0 unspecified atom stereocenters. The van der Waals surface area contributed by atoms with E-state index in [1.165, 1.54) is 11.8 Å². The normalized spacial score (nSPS) is 11.9. The van der Waals surface area contributed by atoms with Crippen LogP contribution in [0.15, 0.2) is 29.3 Å². The Morgan fingerprint density at radius 2 is 2.04 bits per heavy atom. The molecule has 1 N–H and O–H groups in total. The van der Waals surface area contributed by atoms with Crippen molar-refractivity contribution in [2.75, 3.05) is 12.4 Å². The van der Waals surface area contributed by atoms with E-state index in [-0.39, 0.29) is 11.2 Å². The van der Waals surface area contributed by atoms with E-state index in [1.807, 2.05) is 26.8 Å². The molecular weight excluding hydrogens is 334 g/mol. The van der Waals surface area contributed by atoms with Crippen molar-refractivity contribution in [2.24, 2.45) is 0 Å². The van der Waals surface area contributed by atoms with Crippen LogP contribution >= 0.6 is 23.4 Å². The monoisotopic (exact) mass is 351 g/mol. The summed E-state index contributed by atoms with van der Waals surface area (Å²) in [6.45, 7) is 5.56. The first-order chi connectivity index (χ1) is 10.9. The molecular formula is C16H18ClN3O2S. The number of carbonyl (C=O) groups excluding carboxylic acids is 1. The van der Waals surface area contributed by atoms with Crippen molar-refractivity contribution in [1.29, 1.82) is 0 Å². The number of nitrogens with zero attached hydrogens (tertiary/aromatic N) is 2. The predicted molar refractivity (Wildman–Crippen MR) is 93.5 cm³/mol. The molecule has 23 heavy (non-hydrogen) atoms. The van der Waals surface area contributed by atoms with Crippen LogP contribution < -0.4 is 10.1 Å². The fourth-order valence-corrected chi connectivity index (χ4v) is 3.11. The van der Waals surface area contributed by atoms with E-state index in [9.17, 15) is 4.79 Å². The molecule has 2 rings (SSSR count). The maximum Gasteiger partial charge on any atom is 0.237 e. The van der Waals surface area contributed by atoms with Crippen molar-refractivity contribution >= 4 is 35.0 Å². The van der Waals surface area contributed by atoms with Crippen LogP contribution in [0, 0.1) is 13.8 Å². The second-order valence-corrected chi connectivity index (χ2v) is 6.79. The Morgan fingerprint density at radius 3 is 2.70 bits per heavy atom. The van der Waals surface area contributed by atoms with Gasteiger partial charge in [0.2, 0.25) is 5.91 Å². The van der Waals surface area contributed by atoms with E-state index < -0.39 is 0 Å². The lowest BCUT2D eigenvalue weighted by Crippen LogP contribution is -2.23. The first-order valence-corrected chi connectivity index (χ1v) is 8.28. The summed E-state index contributed by atoms with van der Waals surface area (Å²) in [6.07, 6.45) is 0. The van der Waals surface area contributed by atoms with Crippen LogP contribution in [0.2, 0.25) is 5.02 Å². The van der Waals surface area contributed by atoms with Crippen molar-refractivity contribution in [3.05, 3.63) is 40.8 Å². The Bertz CT molecular complexity index is 704. The average Bonchev–Trinajstić information content (AvgIpc) is 2.46. The first-order valence-electron chi connectivity index (χ1n) is 7.02. The van der Waals surface area contributed by atoms with E-state index in [0.717, 1.165) is 10.7 Å². The van der Waals surface area contributed by atoms with E-state index >= 15 is 0 Å². The fourth-order valence-electron chi connectivity index (χ4n) is 1.99. The third-order valence-electron chi connectivity index (χ3n) is 3.03. The van der Waals surface area contributed by atoms with E-state index in [0.29, 0.717) is 22.3 Å². The average molecular weight is 352 g/mol. The first kappa shape index (κ1) is 17.6. The topological polar surface area (TPSA) is 64.1 Å². The number of aromatic nitrogens is 2. The van der Waals surface area contributed by atoms with Gasteiger partial charge in [-0.1, -0.05) is 23.4 Å². The largest absolute Gasteiger partial charge is 0.495 e. The van der Waals surface area contributed by atoms with Gasteiger partial charge >= 0.3 is 0 Å². The lowest BCUT2D eigenvalue weighted by molar-refractivity contribution is -0.115. The Hall–Kier alpha value is -1.79. The Balaban J connectivity index is 2.09. The van der Waals surface area contributed by atoms with Crippen molar-refractivity contribution in [3.8, 4) is 5.75 Å². The minimum atomic E-state index is -0.326. The molecule has 1 atom stereocenters. The van der Waals surface area contributed by atoms with Gasteiger partial charge in [0.15, 0.2) is 0 Å². The number of aryl methyl sites for hydroxylation is 2. The zero-order valence-corrected chi connectivity index (χ0v) is 15.0. The molecule has 0 aliphatic rings. The maximum atomic E-state index is 12.4. The van der Waals surface area contributed by atoms with Crippen molar-refractivity contribution in [3.63, 3.8) is 0 Å². The molecule has 5 nitrogen and oxygen atoms in total. The SMILES string of the molecule is COc1ccc(Cl)cc1NC(=O)[C@H](C)Sc1cc(C)nc(C)n1. The number of nitrogens with one attached hydrogen (secondary N) is 1. The minimum absolute atomic E-state index is 0.149. The number of anilines is 1. The quantitative estimate of drug-likeness (QED) is 0.654. The van der Waals surface area contributed by atoms with Gasteiger partial charge in [0, 0.05) is 10.7 Å². The predicted octanol–water partition coefficient (Wildman–Crippen LogP) is 3.87. The van der Waals surface area contributed by atoms with Crippen LogP contribution in [0.4, 0.5) is 5.69 Å². The molecule has 0 radical (unpaired) electrons. The summed E-state index contributed by atoms with van der Waals surface area (Å²) in [5, 5.41) is 3.82. The van der Waals surface area contributed by atoms with Gasteiger partial charge in [0.1, 0.15) is 16.6 Å². The standard InChI is InChI=1S/C16H18ClN3O2S/c1-9-7-15(19-11(3)18-9)23-10(2)16(21)20-13-8-12(17)5-6-14(13)22-4/h5-8,10H,1-4H3,(H,20,21)/t10-/m0/s1. The van der Waals surface area contributed by atoms with Crippen LogP contribution in [0.1, 0.15) is 18.4 Å². The Labute approximate surface area is 144 Å². The molecule has 0 bridgehead atoms. The Morgan fingerprint density at radius 1 is 1.30 bits per heavy atom. The highest BCUT2D eigenvalue weighted by atomic mass is 35.5. The number of hydrogen-bond acceptors (Lipinski definition) is 5. The molecule has 2 aromatic rings. The highest BCUT2D eigenvalue weighted by Gasteiger charge is 2.17. The number of carbonyl (C=O) groups is 1. The molecule has 0 saturated carbocycles. The molecule has 0 aliphatic heterocycles. The fraction of sp³-hybridized carbons (Fsp3) is 0.312. The second kappa shape index (κ2) is 7.66. The van der Waals surface area contributed by atoms with Gasteiger partial charge in [-0.3, -0.25) is 4.79 Å². The van der Waals surface area contributed by atoms with Crippen molar-refractivity contribution in [1.82, 2.24) is 9.97 Å². The van der Waals surface area contributed by atoms with Gasteiger partial charge in [0.05, 0.1) is 18.0 Å². The minimum Gasteiger partial charge on any atom is -0.495 e. The summed E-state index contributed by atoms with van der Waals surface area (Å²) in [7, 11) is 1.55. The van der Waals surface area contributed by atoms with Crippen LogP contribution in [0.5, 0.6) is 5.75 Å². The van der Waals surface area contributed by atoms with Crippen LogP contribution in [-0.2, 0) is 4.79 Å². The number of hydrogen-bond donors (Lipinski definition) is 1. The number of rotatable bonds is 5. The van der Waals surface area contributed by atoms with Crippen LogP contribution in [0.3, 0.4) is 0 Å². The number of benzene rings is 1. The van der Waals surface area contributed by atoms with E-state index in [2.05, 4.69) is 15.3 Å². The summed E-state index contributed by atoms with van der Waals surface area (Å²) in [6, 6.07) is 6.95. The smallest absolute Gasteiger partial charge is 0.237 e. The third kappa shape index (κ3) is 4.84. The number of amides is 1. The highest BCUT2D eigenvalue weighted by Crippen LogP contribution is 2.29. The van der Waals surface area contributed by atoms with Crippen LogP contribution in [-0.4, -0.2) is 28.2 Å². The molecule has 0 saturated heterocycles. The van der Waals surface area contributed by atoms with Gasteiger partial charge < -0.3 is 10.1 Å². The number of thioether (sulfide) groups is 1. The lowest BCUT2D eigenvalue weighted by atomic mass is 10.3. The summed E-state index contributed by atoms with van der Waals surface area (Å²) in [4.78, 5) is 21.0. The zero-order chi connectivity index (χ0) is 17.0. The van der Waals surface area contributed by atoms with Crippen LogP contribution in [0.25, 0.3) is 0 Å². The molecule has 122 valence electrons. The second-order valence-electron chi connectivity index (χ2n) is 4.99. The van der Waals surface area contributed by atoms with E-state index in [1.54, 1.807) is 25.3 Å². The summed E-state index contributed by atoms with van der Waals surface area (Å²) in [5.74, 6) is 1.11. The summed E-state index contributed by atoms with van der Waals surface area (Å²) < 4.78 is 5.23. The van der Waals surface area contributed by atoms with Gasteiger partial charge in [-0.25, -0.2) is 9.97 Å². The van der Waals surface area contributed by atoms with Gasteiger partial charge in [0.25, 0.3) is 0 Å². The number of methoxy groups -OCH3 is 1. The van der Waals surface area contributed by atoms with E-state index in [4.69, 9.17) is 16.3 Å². The van der Waals surface area contributed by atoms with Crippen molar-refractivity contribution < 1.29 is 9.53 Å². The van der Waals surface area contributed by atoms with Crippen molar-refractivity contribution in [2.45, 2.75) is 31.0 Å². The molecule has 1 amide bonds. The lowest BCUT2D eigenvalue weighted by Gasteiger charge is -2.14. The molecule has 1 heterocycles. The van der Waals surface area contributed by atoms with Gasteiger partial charge in [-0.05, 0) is 45.0 Å². The Kier molecular flexibility index (Phi) is 5.85. The van der Waals surface area contributed by atoms with Gasteiger partial charge in [-0.2, -0.15) is 0 Å². The number of ether oxygens (including phenoxy) is 1. The molecule has 0 fully saturated rings. The number of halogens is 1. The molecule has 0 spiro atoms. The molecule has 1 aromatic carbocycles.